The van der Waals surface area contributed by atoms with Crippen LogP contribution in [-0.4, -0.2) is 35.3 Å². The molecule has 1 atom stereocenters. The summed E-state index contributed by atoms with van der Waals surface area (Å²) in [6.45, 7) is 2.07. The number of aromatic amines is 1. The maximum absolute atomic E-state index is 4.59. The first-order valence-corrected chi connectivity index (χ1v) is 8.88. The first kappa shape index (κ1) is 18.7. The topological polar surface area (TPSA) is 105 Å². The van der Waals surface area contributed by atoms with Crippen LogP contribution >= 0.6 is 12.4 Å². The summed E-state index contributed by atoms with van der Waals surface area (Å²) >= 11 is 0. The summed E-state index contributed by atoms with van der Waals surface area (Å²) in [6, 6.07) is 16.0. The molecule has 0 unspecified atom stereocenters. The molecule has 0 bridgehead atoms. The van der Waals surface area contributed by atoms with Crippen LogP contribution in [-0.2, 0) is 0 Å². The Bertz CT molecular complexity index is 1270. The first-order chi connectivity index (χ1) is 13.8. The quantitative estimate of drug-likeness (QED) is 0.467. The fraction of sp³-hybridized carbons (Fsp3) is 0.100. The van der Waals surface area contributed by atoms with Crippen LogP contribution < -0.4 is 5.32 Å². The lowest BCUT2D eigenvalue weighted by molar-refractivity contribution is 0.849. The van der Waals surface area contributed by atoms with Crippen molar-refractivity contribution in [1.29, 1.82) is 0 Å². The second-order valence-corrected chi connectivity index (χ2v) is 6.47. The summed E-state index contributed by atoms with van der Waals surface area (Å²) in [6.07, 6.45) is 3.23. The normalized spacial score (nSPS) is 11.9. The van der Waals surface area contributed by atoms with Gasteiger partial charge in [0.2, 0.25) is 5.95 Å². The first-order valence-electron chi connectivity index (χ1n) is 8.88. The van der Waals surface area contributed by atoms with Crippen molar-refractivity contribution in [2.75, 3.05) is 5.32 Å². The van der Waals surface area contributed by atoms with Crippen molar-refractivity contribution < 1.29 is 0 Å². The van der Waals surface area contributed by atoms with E-state index in [9.17, 15) is 0 Å². The molecule has 0 aliphatic heterocycles. The van der Waals surface area contributed by atoms with E-state index in [2.05, 4.69) is 59.7 Å². The number of benzene rings is 2. The zero-order valence-electron chi connectivity index (χ0n) is 15.4. The van der Waals surface area contributed by atoms with Crippen molar-refractivity contribution in [3.05, 3.63) is 66.6 Å². The summed E-state index contributed by atoms with van der Waals surface area (Å²) in [7, 11) is 0. The molecule has 0 saturated carbocycles. The minimum absolute atomic E-state index is 0. The molecule has 8 nitrogen and oxygen atoms in total. The number of nitrogens with zero attached hydrogens (tertiary/aromatic N) is 6. The Labute approximate surface area is 172 Å². The van der Waals surface area contributed by atoms with E-state index < -0.39 is 0 Å². The molecule has 5 rings (SSSR count). The van der Waals surface area contributed by atoms with Gasteiger partial charge in [-0.2, -0.15) is 5.10 Å². The second kappa shape index (κ2) is 7.76. The smallest absolute Gasteiger partial charge is 0.243 e. The van der Waals surface area contributed by atoms with E-state index in [1.807, 2.05) is 36.4 Å². The summed E-state index contributed by atoms with van der Waals surface area (Å²) < 4.78 is 0. The van der Waals surface area contributed by atoms with Crippen LogP contribution in [0, 0.1) is 0 Å². The highest BCUT2D eigenvalue weighted by molar-refractivity contribution is 5.92. The summed E-state index contributed by atoms with van der Waals surface area (Å²) in [5.41, 5.74) is 5.03. The van der Waals surface area contributed by atoms with Gasteiger partial charge in [-0.05, 0) is 24.6 Å². The van der Waals surface area contributed by atoms with Crippen molar-refractivity contribution in [1.82, 2.24) is 35.3 Å². The second-order valence-electron chi connectivity index (χ2n) is 6.47. The molecule has 9 heteroatoms. The van der Waals surface area contributed by atoms with Crippen molar-refractivity contribution in [3.63, 3.8) is 0 Å². The highest BCUT2D eigenvalue weighted by atomic mass is 35.5. The number of H-pyrrole nitrogens is 1. The van der Waals surface area contributed by atoms with Gasteiger partial charge in [-0.1, -0.05) is 36.4 Å². The van der Waals surface area contributed by atoms with Crippen LogP contribution in [0.25, 0.3) is 33.3 Å². The van der Waals surface area contributed by atoms with Gasteiger partial charge >= 0.3 is 0 Å². The monoisotopic (exact) mass is 404 g/mol. The van der Waals surface area contributed by atoms with Crippen LogP contribution in [0.2, 0.25) is 0 Å². The number of anilines is 1. The highest BCUT2D eigenvalue weighted by Gasteiger charge is 2.11. The standard InChI is InChI=1S/C20H16N8.ClH/c1-12(13-5-3-2-4-6-13)24-20-25-16-8-7-14(9-17(16)26-28-20)18-15-10-23-27-19(15)22-11-21-18;/h2-12H,1H3,(H,24,25,28)(H,21,22,23,27);1H/t12-;/m1./s1. The van der Waals surface area contributed by atoms with Crippen molar-refractivity contribution in [3.8, 4) is 11.3 Å². The fourth-order valence-electron chi connectivity index (χ4n) is 3.16. The van der Waals surface area contributed by atoms with Crippen LogP contribution in [0.3, 0.4) is 0 Å². The molecular weight excluding hydrogens is 388 g/mol. The Morgan fingerprint density at radius 1 is 0.966 bits per heavy atom. The average Bonchev–Trinajstić information content (AvgIpc) is 3.23. The molecule has 0 spiro atoms. The van der Waals surface area contributed by atoms with Gasteiger partial charge in [0, 0.05) is 5.56 Å². The Morgan fingerprint density at radius 3 is 2.69 bits per heavy atom. The van der Waals surface area contributed by atoms with E-state index in [0.29, 0.717) is 17.1 Å². The number of rotatable bonds is 4. The molecule has 0 radical (unpaired) electrons. The molecule has 2 N–H and O–H groups in total. The van der Waals surface area contributed by atoms with Crippen molar-refractivity contribution in [2.24, 2.45) is 0 Å². The third-order valence-corrected chi connectivity index (χ3v) is 4.62. The lowest BCUT2D eigenvalue weighted by Gasteiger charge is -2.13. The Balaban J connectivity index is 0.00000205. The lowest BCUT2D eigenvalue weighted by Crippen LogP contribution is -2.10. The van der Waals surface area contributed by atoms with Gasteiger partial charge in [0.05, 0.1) is 28.8 Å². The molecular formula is C20H17ClN8. The molecule has 0 aliphatic carbocycles. The van der Waals surface area contributed by atoms with Gasteiger partial charge in [-0.15, -0.1) is 22.6 Å². The predicted molar refractivity (Wildman–Crippen MR) is 114 cm³/mol. The summed E-state index contributed by atoms with van der Waals surface area (Å²) in [4.78, 5) is 13.2. The molecule has 0 aliphatic rings. The third kappa shape index (κ3) is 3.57. The minimum Gasteiger partial charge on any atom is -0.346 e. The SMILES string of the molecule is C[C@@H](Nc1nnc2cc(-c3ncnc4[nH]ncc34)ccc2n1)c1ccccc1.Cl. The van der Waals surface area contributed by atoms with E-state index in [1.165, 1.54) is 6.33 Å². The van der Waals surface area contributed by atoms with Crippen LogP contribution in [0.4, 0.5) is 5.95 Å². The zero-order valence-corrected chi connectivity index (χ0v) is 16.3. The van der Waals surface area contributed by atoms with Gasteiger partial charge < -0.3 is 5.32 Å². The molecule has 144 valence electrons. The lowest BCUT2D eigenvalue weighted by atomic mass is 10.1. The number of aromatic nitrogens is 7. The molecule has 0 fully saturated rings. The van der Waals surface area contributed by atoms with Gasteiger partial charge in [0.25, 0.3) is 0 Å². The van der Waals surface area contributed by atoms with Gasteiger partial charge in [-0.25, -0.2) is 15.0 Å². The van der Waals surface area contributed by atoms with E-state index in [0.717, 1.165) is 27.7 Å². The predicted octanol–water partition coefficient (Wildman–Crippen LogP) is 3.95. The minimum atomic E-state index is 0. The largest absolute Gasteiger partial charge is 0.346 e. The maximum Gasteiger partial charge on any atom is 0.243 e. The number of fused-ring (bicyclic) bond motifs is 2. The van der Waals surface area contributed by atoms with Crippen LogP contribution in [0.15, 0.2) is 61.1 Å². The molecule has 5 aromatic rings. The van der Waals surface area contributed by atoms with E-state index in [1.54, 1.807) is 6.20 Å². The van der Waals surface area contributed by atoms with E-state index >= 15 is 0 Å². The van der Waals surface area contributed by atoms with E-state index in [-0.39, 0.29) is 18.4 Å². The molecule has 29 heavy (non-hydrogen) atoms. The number of halogens is 1. The van der Waals surface area contributed by atoms with Crippen LogP contribution in [0.1, 0.15) is 18.5 Å². The molecule has 0 saturated heterocycles. The van der Waals surface area contributed by atoms with E-state index in [4.69, 9.17) is 0 Å². The fourth-order valence-corrected chi connectivity index (χ4v) is 3.16. The third-order valence-electron chi connectivity index (χ3n) is 4.62. The Kier molecular flexibility index (Phi) is 5.01. The van der Waals surface area contributed by atoms with Crippen molar-refractivity contribution >= 4 is 40.4 Å². The van der Waals surface area contributed by atoms with Gasteiger partial charge in [0.1, 0.15) is 11.8 Å². The highest BCUT2D eigenvalue weighted by Crippen LogP contribution is 2.26. The summed E-state index contributed by atoms with van der Waals surface area (Å²) in [5.74, 6) is 0.496. The van der Waals surface area contributed by atoms with Gasteiger partial charge in [0.15, 0.2) is 5.65 Å². The van der Waals surface area contributed by atoms with Gasteiger partial charge in [-0.3, -0.25) is 5.10 Å². The Morgan fingerprint density at radius 2 is 1.83 bits per heavy atom. The average molecular weight is 405 g/mol. The number of hydrogen-bond acceptors (Lipinski definition) is 7. The maximum atomic E-state index is 4.59. The molecule has 3 heterocycles. The Hall–Kier alpha value is -3.65. The zero-order chi connectivity index (χ0) is 18.9. The van der Waals surface area contributed by atoms with Crippen molar-refractivity contribution in [2.45, 2.75) is 13.0 Å². The molecule has 0 amide bonds. The van der Waals surface area contributed by atoms with Crippen LogP contribution in [0.5, 0.6) is 0 Å². The molecule has 3 aromatic heterocycles. The summed E-state index contributed by atoms with van der Waals surface area (Å²) in [5, 5.41) is 19.6. The number of hydrogen-bond donors (Lipinski definition) is 2. The molecule has 2 aromatic carbocycles. The number of nitrogens with one attached hydrogen (secondary N) is 2.